The first kappa shape index (κ1) is 16.4. The second-order valence-electron chi connectivity index (χ2n) is 4.93. The molecular formula is C12H20O6. The van der Waals surface area contributed by atoms with Gasteiger partial charge in [0.15, 0.2) is 6.61 Å². The average Bonchev–Trinajstić information content (AvgIpc) is 2.21. The van der Waals surface area contributed by atoms with E-state index in [1.54, 1.807) is 27.7 Å². The van der Waals surface area contributed by atoms with Gasteiger partial charge in [0.25, 0.3) is 0 Å². The lowest BCUT2D eigenvalue weighted by Gasteiger charge is -2.19. The first-order chi connectivity index (χ1) is 8.12. The first-order valence-electron chi connectivity index (χ1n) is 5.63. The molecule has 0 N–H and O–H groups in total. The van der Waals surface area contributed by atoms with Gasteiger partial charge in [-0.1, -0.05) is 0 Å². The van der Waals surface area contributed by atoms with E-state index in [4.69, 9.17) is 9.47 Å². The van der Waals surface area contributed by atoms with Gasteiger partial charge >= 0.3 is 17.9 Å². The molecule has 104 valence electrons. The van der Waals surface area contributed by atoms with Crippen LogP contribution in [0.25, 0.3) is 0 Å². The molecule has 6 heteroatoms. The molecular weight excluding hydrogens is 240 g/mol. The number of hydrogen-bond acceptors (Lipinski definition) is 6. The predicted molar refractivity (Wildman–Crippen MR) is 62.6 cm³/mol. The standard InChI is InChI=1S/C12H20O6/c1-8(6-17-11(15)12(3,4)5)18-10(14)7-16-9(2)13/h8H,6-7H2,1-5H3. The van der Waals surface area contributed by atoms with Gasteiger partial charge < -0.3 is 14.2 Å². The lowest BCUT2D eigenvalue weighted by molar-refractivity contribution is -0.167. The summed E-state index contributed by atoms with van der Waals surface area (Å²) in [4.78, 5) is 33.1. The van der Waals surface area contributed by atoms with E-state index in [1.165, 1.54) is 6.92 Å². The maximum atomic E-state index is 11.4. The fourth-order valence-corrected chi connectivity index (χ4v) is 0.863. The SMILES string of the molecule is CC(=O)OCC(=O)OC(C)COC(=O)C(C)(C)C. The summed E-state index contributed by atoms with van der Waals surface area (Å²) in [6.45, 7) is 7.50. The minimum Gasteiger partial charge on any atom is -0.461 e. The zero-order valence-electron chi connectivity index (χ0n) is 11.4. The molecule has 0 radical (unpaired) electrons. The molecule has 0 amide bonds. The van der Waals surface area contributed by atoms with Gasteiger partial charge in [-0.25, -0.2) is 4.79 Å². The molecule has 0 aliphatic carbocycles. The van der Waals surface area contributed by atoms with Gasteiger partial charge in [0, 0.05) is 6.92 Å². The maximum absolute atomic E-state index is 11.4. The number of carbonyl (C=O) groups excluding carboxylic acids is 3. The summed E-state index contributed by atoms with van der Waals surface area (Å²) < 4.78 is 14.3. The summed E-state index contributed by atoms with van der Waals surface area (Å²) in [5.41, 5.74) is -0.596. The molecule has 1 atom stereocenters. The molecule has 0 fully saturated rings. The molecule has 0 saturated carbocycles. The Morgan fingerprint density at radius 2 is 1.67 bits per heavy atom. The van der Waals surface area contributed by atoms with Crippen molar-refractivity contribution < 1.29 is 28.6 Å². The zero-order chi connectivity index (χ0) is 14.3. The fourth-order valence-electron chi connectivity index (χ4n) is 0.863. The Morgan fingerprint density at radius 1 is 1.11 bits per heavy atom. The van der Waals surface area contributed by atoms with Crippen LogP contribution >= 0.6 is 0 Å². The van der Waals surface area contributed by atoms with Crippen molar-refractivity contribution in [1.82, 2.24) is 0 Å². The van der Waals surface area contributed by atoms with E-state index in [-0.39, 0.29) is 12.6 Å². The molecule has 6 nitrogen and oxygen atoms in total. The number of ether oxygens (including phenoxy) is 3. The van der Waals surface area contributed by atoms with Crippen LogP contribution in [-0.2, 0) is 28.6 Å². The highest BCUT2D eigenvalue weighted by Gasteiger charge is 2.24. The third-order valence-electron chi connectivity index (χ3n) is 1.79. The summed E-state index contributed by atoms with van der Waals surface area (Å²) in [6, 6.07) is 0. The van der Waals surface area contributed by atoms with E-state index in [1.807, 2.05) is 0 Å². The quantitative estimate of drug-likeness (QED) is 0.543. The third-order valence-corrected chi connectivity index (χ3v) is 1.79. The minimum atomic E-state index is -0.676. The molecule has 0 spiro atoms. The molecule has 0 aromatic heterocycles. The first-order valence-corrected chi connectivity index (χ1v) is 5.63. The normalized spacial score (nSPS) is 12.5. The van der Waals surface area contributed by atoms with Crippen molar-refractivity contribution in [1.29, 1.82) is 0 Å². The topological polar surface area (TPSA) is 78.9 Å². The van der Waals surface area contributed by atoms with Crippen LogP contribution in [0.2, 0.25) is 0 Å². The van der Waals surface area contributed by atoms with Gasteiger partial charge in [0.1, 0.15) is 12.7 Å². The molecule has 0 bridgehead atoms. The summed E-state index contributed by atoms with van der Waals surface area (Å²) >= 11 is 0. The van der Waals surface area contributed by atoms with Crippen molar-refractivity contribution in [2.75, 3.05) is 13.2 Å². The zero-order valence-corrected chi connectivity index (χ0v) is 11.4. The molecule has 0 aromatic rings. The summed E-state index contributed by atoms with van der Waals surface area (Å²) in [6.07, 6.45) is -0.584. The van der Waals surface area contributed by atoms with Crippen LogP contribution in [0.5, 0.6) is 0 Å². The Labute approximate surface area is 107 Å². The van der Waals surface area contributed by atoms with Gasteiger partial charge in [0.2, 0.25) is 0 Å². The molecule has 0 aliphatic heterocycles. The molecule has 0 saturated heterocycles. The molecule has 18 heavy (non-hydrogen) atoms. The second kappa shape index (κ2) is 6.98. The van der Waals surface area contributed by atoms with E-state index in [0.717, 1.165) is 0 Å². The Bertz CT molecular complexity index is 315. The van der Waals surface area contributed by atoms with Gasteiger partial charge in [0.05, 0.1) is 5.41 Å². The van der Waals surface area contributed by atoms with Crippen molar-refractivity contribution in [3.05, 3.63) is 0 Å². The van der Waals surface area contributed by atoms with Crippen LogP contribution in [0.1, 0.15) is 34.6 Å². The van der Waals surface area contributed by atoms with Crippen molar-refractivity contribution >= 4 is 17.9 Å². The van der Waals surface area contributed by atoms with E-state index >= 15 is 0 Å². The van der Waals surface area contributed by atoms with E-state index in [0.29, 0.717) is 0 Å². The number of carbonyl (C=O) groups is 3. The fraction of sp³-hybridized carbons (Fsp3) is 0.750. The largest absolute Gasteiger partial charge is 0.461 e. The van der Waals surface area contributed by atoms with Crippen LogP contribution in [0, 0.1) is 5.41 Å². The van der Waals surface area contributed by atoms with Crippen molar-refractivity contribution in [3.8, 4) is 0 Å². The molecule has 0 aliphatic rings. The molecule has 0 heterocycles. The number of hydrogen-bond donors (Lipinski definition) is 0. The highest BCUT2D eigenvalue weighted by Crippen LogP contribution is 2.15. The van der Waals surface area contributed by atoms with Crippen molar-refractivity contribution in [2.24, 2.45) is 5.41 Å². The highest BCUT2D eigenvalue weighted by atomic mass is 16.6. The minimum absolute atomic E-state index is 0.0259. The van der Waals surface area contributed by atoms with E-state index < -0.39 is 30.1 Å². The summed E-state index contributed by atoms with van der Waals surface area (Å²) in [5.74, 6) is -1.60. The second-order valence-corrected chi connectivity index (χ2v) is 4.93. The predicted octanol–water partition coefficient (Wildman–Crippen LogP) is 1.07. The van der Waals surface area contributed by atoms with Crippen LogP contribution in [0.3, 0.4) is 0 Å². The smallest absolute Gasteiger partial charge is 0.344 e. The van der Waals surface area contributed by atoms with Crippen LogP contribution < -0.4 is 0 Å². The lowest BCUT2D eigenvalue weighted by atomic mass is 9.97. The van der Waals surface area contributed by atoms with Crippen LogP contribution in [0.4, 0.5) is 0 Å². The molecule has 0 rings (SSSR count). The summed E-state index contributed by atoms with van der Waals surface area (Å²) in [7, 11) is 0. The van der Waals surface area contributed by atoms with Crippen molar-refractivity contribution in [3.63, 3.8) is 0 Å². The van der Waals surface area contributed by atoms with Gasteiger partial charge in [-0.15, -0.1) is 0 Å². The van der Waals surface area contributed by atoms with Gasteiger partial charge in [-0.3, -0.25) is 9.59 Å². The van der Waals surface area contributed by atoms with E-state index in [2.05, 4.69) is 4.74 Å². The Morgan fingerprint density at radius 3 is 2.11 bits per heavy atom. The monoisotopic (exact) mass is 260 g/mol. The summed E-state index contributed by atoms with van der Waals surface area (Å²) in [5, 5.41) is 0. The van der Waals surface area contributed by atoms with Crippen LogP contribution in [0.15, 0.2) is 0 Å². The van der Waals surface area contributed by atoms with Crippen LogP contribution in [-0.4, -0.2) is 37.2 Å². The lowest BCUT2D eigenvalue weighted by Crippen LogP contribution is -2.29. The molecule has 0 aromatic carbocycles. The average molecular weight is 260 g/mol. The number of rotatable bonds is 5. The Hall–Kier alpha value is -1.59. The highest BCUT2D eigenvalue weighted by molar-refractivity contribution is 5.76. The Kier molecular flexibility index (Phi) is 6.36. The van der Waals surface area contributed by atoms with Gasteiger partial charge in [-0.05, 0) is 27.7 Å². The maximum Gasteiger partial charge on any atom is 0.344 e. The third kappa shape index (κ3) is 7.65. The molecule has 1 unspecified atom stereocenters. The van der Waals surface area contributed by atoms with Gasteiger partial charge in [-0.2, -0.15) is 0 Å². The number of esters is 3. The Balaban J connectivity index is 3.91. The van der Waals surface area contributed by atoms with Crippen molar-refractivity contribution in [2.45, 2.75) is 40.7 Å². The van der Waals surface area contributed by atoms with E-state index in [9.17, 15) is 14.4 Å².